The monoisotopic (exact) mass is 529 g/mol. The molecule has 2 aromatic carbocycles. The quantitative estimate of drug-likeness (QED) is 0.335. The molecular weight excluding hydrogens is 506 g/mol. The average Bonchev–Trinajstić information content (AvgIpc) is 3.53. The van der Waals surface area contributed by atoms with Crippen molar-refractivity contribution in [3.8, 4) is 17.5 Å². The van der Waals surface area contributed by atoms with E-state index in [0.29, 0.717) is 39.3 Å². The number of hydrogen-bond acceptors (Lipinski definition) is 7. The Hall–Kier alpha value is -5.76. The van der Waals surface area contributed by atoms with Crippen molar-refractivity contribution in [3.63, 3.8) is 0 Å². The predicted octanol–water partition coefficient (Wildman–Crippen LogP) is 2.63. The van der Waals surface area contributed by atoms with Crippen LogP contribution in [0.5, 0.6) is 0 Å². The van der Waals surface area contributed by atoms with E-state index in [1.165, 1.54) is 9.08 Å². The molecule has 11 heteroatoms. The number of carbonyl (C=O) groups excluding carboxylic acids is 1. The lowest BCUT2D eigenvalue weighted by Crippen LogP contribution is -2.33. The van der Waals surface area contributed by atoms with Gasteiger partial charge in [0.05, 0.1) is 22.6 Å². The zero-order valence-corrected chi connectivity index (χ0v) is 21.6. The Labute approximate surface area is 227 Å². The molecule has 0 aliphatic carbocycles. The molecule has 4 heterocycles. The van der Waals surface area contributed by atoms with E-state index in [2.05, 4.69) is 32.3 Å². The summed E-state index contributed by atoms with van der Waals surface area (Å²) in [5, 5.41) is 11.7. The van der Waals surface area contributed by atoms with Crippen LogP contribution in [0.2, 0.25) is 0 Å². The van der Waals surface area contributed by atoms with Crippen molar-refractivity contribution in [3.05, 3.63) is 112 Å². The topological polar surface area (TPSA) is 138 Å². The molecule has 0 saturated carbocycles. The molecular formula is C29H23N9O2. The van der Waals surface area contributed by atoms with Gasteiger partial charge in [-0.05, 0) is 49.2 Å². The number of para-hydroxylation sites is 1. The summed E-state index contributed by atoms with van der Waals surface area (Å²) in [5.74, 6) is 6.01. The number of aromatic nitrogens is 7. The number of amides is 1. The summed E-state index contributed by atoms with van der Waals surface area (Å²) < 4.78 is 4.60. The van der Waals surface area contributed by atoms with E-state index in [1.54, 1.807) is 60.5 Å². The molecule has 4 aromatic heterocycles. The highest BCUT2D eigenvalue weighted by Gasteiger charge is 2.24. The molecule has 0 aliphatic heterocycles. The van der Waals surface area contributed by atoms with Crippen LogP contribution in [-0.2, 0) is 7.05 Å². The number of anilines is 1. The lowest BCUT2D eigenvalue weighted by molar-refractivity contribution is 0.0940. The predicted molar refractivity (Wildman–Crippen MR) is 150 cm³/mol. The third kappa shape index (κ3) is 4.33. The van der Waals surface area contributed by atoms with E-state index in [4.69, 9.17) is 10.7 Å². The first kappa shape index (κ1) is 24.6. The summed E-state index contributed by atoms with van der Waals surface area (Å²) >= 11 is 0. The van der Waals surface area contributed by atoms with Gasteiger partial charge in [0.25, 0.3) is 11.5 Å². The van der Waals surface area contributed by atoms with Crippen LogP contribution >= 0.6 is 0 Å². The molecule has 0 radical (unpaired) electrons. The molecule has 0 saturated heterocycles. The molecule has 11 nitrogen and oxygen atoms in total. The number of fused-ring (bicyclic) bond motifs is 2. The fourth-order valence-electron chi connectivity index (χ4n) is 4.54. The van der Waals surface area contributed by atoms with Gasteiger partial charge in [-0.3, -0.25) is 18.8 Å². The Morgan fingerprint density at radius 1 is 1.00 bits per heavy atom. The SMILES string of the molecule is C[C@@H](NC(=O)c1c(N)nn2cccnc12)c1nc2cccc(C#Cc3ccn(C)n3)c2c(=O)n1-c1ccccc1. The van der Waals surface area contributed by atoms with Crippen LogP contribution in [-0.4, -0.2) is 39.8 Å². The number of carbonyl (C=O) groups is 1. The molecule has 0 fully saturated rings. The van der Waals surface area contributed by atoms with Crippen LogP contribution in [0.3, 0.4) is 0 Å². The summed E-state index contributed by atoms with van der Waals surface area (Å²) in [4.78, 5) is 36.6. The zero-order valence-electron chi connectivity index (χ0n) is 21.6. The third-order valence-corrected chi connectivity index (χ3v) is 6.36. The van der Waals surface area contributed by atoms with E-state index in [-0.39, 0.29) is 16.9 Å². The van der Waals surface area contributed by atoms with Gasteiger partial charge in [0, 0.05) is 31.2 Å². The first-order valence-electron chi connectivity index (χ1n) is 12.4. The first-order chi connectivity index (χ1) is 19.4. The van der Waals surface area contributed by atoms with Crippen molar-refractivity contribution in [2.75, 3.05) is 5.73 Å². The first-order valence-corrected chi connectivity index (χ1v) is 12.4. The normalized spacial score (nSPS) is 11.8. The number of nitrogens with zero attached hydrogens (tertiary/aromatic N) is 7. The van der Waals surface area contributed by atoms with Crippen molar-refractivity contribution in [1.82, 2.24) is 39.2 Å². The molecule has 196 valence electrons. The molecule has 0 bridgehead atoms. The second-order valence-electron chi connectivity index (χ2n) is 9.11. The highest BCUT2D eigenvalue weighted by molar-refractivity contribution is 6.04. The number of benzene rings is 2. The molecule has 1 amide bonds. The second-order valence-corrected chi connectivity index (χ2v) is 9.11. The van der Waals surface area contributed by atoms with Crippen LogP contribution in [0.15, 0.2) is 84.0 Å². The van der Waals surface area contributed by atoms with Gasteiger partial charge in [0.1, 0.15) is 17.1 Å². The molecule has 0 spiro atoms. The molecule has 6 rings (SSSR count). The van der Waals surface area contributed by atoms with E-state index in [9.17, 15) is 9.59 Å². The maximum absolute atomic E-state index is 14.1. The van der Waals surface area contributed by atoms with Crippen LogP contribution in [0.25, 0.3) is 22.2 Å². The second kappa shape index (κ2) is 9.85. The van der Waals surface area contributed by atoms with Gasteiger partial charge < -0.3 is 11.1 Å². The number of nitrogens with one attached hydrogen (secondary N) is 1. The highest BCUT2D eigenvalue weighted by atomic mass is 16.2. The average molecular weight is 530 g/mol. The molecule has 6 aromatic rings. The van der Waals surface area contributed by atoms with Gasteiger partial charge in [-0.1, -0.05) is 30.2 Å². The number of rotatable bonds is 4. The minimum Gasteiger partial charge on any atom is -0.381 e. The van der Waals surface area contributed by atoms with Crippen LogP contribution in [0.1, 0.15) is 40.4 Å². The number of nitrogens with two attached hydrogens (primary N) is 1. The summed E-state index contributed by atoms with van der Waals surface area (Å²) in [6.45, 7) is 1.75. The summed E-state index contributed by atoms with van der Waals surface area (Å²) in [7, 11) is 1.81. The van der Waals surface area contributed by atoms with Crippen molar-refractivity contribution >= 4 is 28.3 Å². The van der Waals surface area contributed by atoms with E-state index in [1.807, 2.05) is 37.4 Å². The van der Waals surface area contributed by atoms with Crippen LogP contribution < -0.4 is 16.6 Å². The highest BCUT2D eigenvalue weighted by Crippen LogP contribution is 2.22. The van der Waals surface area contributed by atoms with Gasteiger partial charge in [-0.15, -0.1) is 5.10 Å². The maximum atomic E-state index is 14.1. The van der Waals surface area contributed by atoms with Crippen LogP contribution in [0.4, 0.5) is 5.82 Å². The number of hydrogen-bond donors (Lipinski definition) is 2. The van der Waals surface area contributed by atoms with Crippen molar-refractivity contribution < 1.29 is 4.79 Å². The number of nitrogen functional groups attached to an aromatic ring is 1. The standard InChI is InChI=1S/C29H23N9O2/c1-18(32-28(39)24-25(30)35-37-16-7-15-31-27(24)37)26-33-22-11-6-8-19(12-13-20-14-17-36(2)34-20)23(22)29(40)38(26)21-9-4-3-5-10-21/h3-11,14-18H,1-2H3,(H2,30,35)(H,32,39)/t18-/m1/s1. The van der Waals surface area contributed by atoms with Crippen molar-refractivity contribution in [2.24, 2.45) is 7.05 Å². The van der Waals surface area contributed by atoms with Gasteiger partial charge in [-0.2, -0.15) is 5.10 Å². The van der Waals surface area contributed by atoms with Crippen molar-refractivity contribution in [1.29, 1.82) is 0 Å². The minimum absolute atomic E-state index is 0.0476. The molecule has 0 unspecified atom stereocenters. The fraction of sp³-hybridized carbons (Fsp3) is 0.103. The summed E-state index contributed by atoms with van der Waals surface area (Å²) in [6.07, 6.45) is 5.02. The molecule has 40 heavy (non-hydrogen) atoms. The molecule has 0 aliphatic rings. The van der Waals surface area contributed by atoms with Crippen LogP contribution in [0, 0.1) is 11.8 Å². The third-order valence-electron chi connectivity index (χ3n) is 6.36. The van der Waals surface area contributed by atoms with E-state index in [0.717, 1.165) is 0 Å². The van der Waals surface area contributed by atoms with Gasteiger partial charge >= 0.3 is 0 Å². The van der Waals surface area contributed by atoms with E-state index >= 15 is 0 Å². The fourth-order valence-corrected chi connectivity index (χ4v) is 4.54. The Morgan fingerprint density at radius 3 is 2.60 bits per heavy atom. The number of aryl methyl sites for hydroxylation is 1. The minimum atomic E-state index is -0.689. The Morgan fingerprint density at radius 2 is 1.82 bits per heavy atom. The Kier molecular flexibility index (Phi) is 6.05. The Balaban J connectivity index is 1.48. The Bertz CT molecular complexity index is 2030. The maximum Gasteiger partial charge on any atom is 0.267 e. The lowest BCUT2D eigenvalue weighted by atomic mass is 10.1. The van der Waals surface area contributed by atoms with Gasteiger partial charge in [0.2, 0.25) is 0 Å². The van der Waals surface area contributed by atoms with Crippen molar-refractivity contribution in [2.45, 2.75) is 13.0 Å². The lowest BCUT2D eigenvalue weighted by Gasteiger charge is -2.20. The molecule has 1 atom stereocenters. The van der Waals surface area contributed by atoms with E-state index < -0.39 is 11.9 Å². The smallest absolute Gasteiger partial charge is 0.267 e. The summed E-state index contributed by atoms with van der Waals surface area (Å²) in [6, 6.07) is 17.3. The molecule has 3 N–H and O–H groups in total. The van der Waals surface area contributed by atoms with Gasteiger partial charge in [-0.25, -0.2) is 14.5 Å². The summed E-state index contributed by atoms with van der Waals surface area (Å²) in [5.41, 5.74) is 8.39. The largest absolute Gasteiger partial charge is 0.381 e. The zero-order chi connectivity index (χ0) is 27.8. The van der Waals surface area contributed by atoms with Gasteiger partial charge in [0.15, 0.2) is 11.5 Å².